The quantitative estimate of drug-likeness (QED) is 0.849. The number of aromatic carboxylic acids is 1. The number of carboxylic acid groups (broad SMARTS) is 1. The second-order valence-electron chi connectivity index (χ2n) is 4.06. The minimum atomic E-state index is -1.17. The maximum atomic E-state index is 13.7. The minimum absolute atomic E-state index is 0.0122. The first-order chi connectivity index (χ1) is 9.49. The average molecular weight is 296 g/mol. The highest BCUT2D eigenvalue weighted by Crippen LogP contribution is 2.24. The van der Waals surface area contributed by atoms with Crippen molar-refractivity contribution in [1.29, 1.82) is 0 Å². The van der Waals surface area contributed by atoms with E-state index < -0.39 is 11.8 Å². The molecule has 0 spiro atoms. The third-order valence-electron chi connectivity index (χ3n) is 2.65. The lowest BCUT2D eigenvalue weighted by Crippen LogP contribution is -2.05. The van der Waals surface area contributed by atoms with Crippen molar-refractivity contribution in [2.45, 2.75) is 6.61 Å². The van der Waals surface area contributed by atoms with Gasteiger partial charge in [-0.2, -0.15) is 0 Å². The SMILES string of the molecule is Nc1ccc(OCc2cccc(Cl)c2F)c(C(=O)O)c1. The van der Waals surface area contributed by atoms with Gasteiger partial charge >= 0.3 is 5.97 Å². The summed E-state index contributed by atoms with van der Waals surface area (Å²) in [4.78, 5) is 11.1. The smallest absolute Gasteiger partial charge is 0.339 e. The van der Waals surface area contributed by atoms with Gasteiger partial charge in [0.25, 0.3) is 0 Å². The van der Waals surface area contributed by atoms with Crippen LogP contribution in [0.3, 0.4) is 0 Å². The molecule has 104 valence electrons. The van der Waals surface area contributed by atoms with E-state index in [1.54, 1.807) is 6.07 Å². The lowest BCUT2D eigenvalue weighted by molar-refractivity contribution is 0.0692. The van der Waals surface area contributed by atoms with E-state index in [-0.39, 0.29) is 28.5 Å². The minimum Gasteiger partial charge on any atom is -0.488 e. The molecular weight excluding hydrogens is 285 g/mol. The van der Waals surface area contributed by atoms with Gasteiger partial charge in [-0.15, -0.1) is 0 Å². The summed E-state index contributed by atoms with van der Waals surface area (Å²) in [6, 6.07) is 8.75. The molecule has 0 saturated heterocycles. The number of nitrogens with two attached hydrogens (primary N) is 1. The van der Waals surface area contributed by atoms with Gasteiger partial charge in [0.1, 0.15) is 23.7 Å². The summed E-state index contributed by atoms with van der Waals surface area (Å²) in [5, 5.41) is 9.04. The Bertz CT molecular complexity index is 661. The number of carboxylic acids is 1. The van der Waals surface area contributed by atoms with E-state index in [0.717, 1.165) is 0 Å². The number of nitrogen functional groups attached to an aromatic ring is 1. The zero-order valence-corrected chi connectivity index (χ0v) is 11.0. The normalized spacial score (nSPS) is 10.3. The van der Waals surface area contributed by atoms with E-state index in [1.807, 2.05) is 0 Å². The molecule has 6 heteroatoms. The van der Waals surface area contributed by atoms with Crippen LogP contribution < -0.4 is 10.5 Å². The Hall–Kier alpha value is -2.27. The summed E-state index contributed by atoms with van der Waals surface area (Å²) in [6.07, 6.45) is 0. The molecule has 3 N–H and O–H groups in total. The van der Waals surface area contributed by atoms with E-state index in [1.165, 1.54) is 30.3 Å². The van der Waals surface area contributed by atoms with Crippen LogP contribution in [0, 0.1) is 5.82 Å². The molecule has 20 heavy (non-hydrogen) atoms. The fraction of sp³-hybridized carbons (Fsp3) is 0.0714. The third kappa shape index (κ3) is 3.00. The lowest BCUT2D eigenvalue weighted by Gasteiger charge is -2.10. The molecule has 0 radical (unpaired) electrons. The Balaban J connectivity index is 2.23. The fourth-order valence-corrected chi connectivity index (χ4v) is 1.85. The second kappa shape index (κ2) is 5.79. The van der Waals surface area contributed by atoms with E-state index >= 15 is 0 Å². The van der Waals surface area contributed by atoms with Crippen LogP contribution in [0.2, 0.25) is 5.02 Å². The molecule has 0 aliphatic heterocycles. The highest BCUT2D eigenvalue weighted by molar-refractivity contribution is 6.30. The average Bonchev–Trinajstić information content (AvgIpc) is 2.41. The molecule has 0 bridgehead atoms. The monoisotopic (exact) mass is 295 g/mol. The Labute approximate surface area is 119 Å². The van der Waals surface area contributed by atoms with Crippen LogP contribution in [-0.4, -0.2) is 11.1 Å². The summed E-state index contributed by atoms with van der Waals surface area (Å²) in [5.74, 6) is -1.63. The summed E-state index contributed by atoms with van der Waals surface area (Å²) < 4.78 is 19.0. The second-order valence-corrected chi connectivity index (χ2v) is 4.47. The van der Waals surface area contributed by atoms with Crippen LogP contribution >= 0.6 is 11.6 Å². The predicted octanol–water partition coefficient (Wildman–Crippen LogP) is 3.34. The van der Waals surface area contributed by atoms with Crippen molar-refractivity contribution in [2.24, 2.45) is 0 Å². The number of hydrogen-bond donors (Lipinski definition) is 2. The van der Waals surface area contributed by atoms with Crippen LogP contribution in [0.15, 0.2) is 36.4 Å². The molecule has 0 saturated carbocycles. The van der Waals surface area contributed by atoms with Gasteiger partial charge in [-0.3, -0.25) is 0 Å². The van der Waals surface area contributed by atoms with Crippen molar-refractivity contribution >= 4 is 23.3 Å². The molecule has 2 aromatic rings. The lowest BCUT2D eigenvalue weighted by atomic mass is 10.1. The first-order valence-corrected chi connectivity index (χ1v) is 6.05. The van der Waals surface area contributed by atoms with Gasteiger partial charge in [0.2, 0.25) is 0 Å². The van der Waals surface area contributed by atoms with Crippen molar-refractivity contribution in [3.8, 4) is 5.75 Å². The van der Waals surface area contributed by atoms with Gasteiger partial charge in [-0.05, 0) is 24.3 Å². The van der Waals surface area contributed by atoms with E-state index in [4.69, 9.17) is 27.2 Å². The van der Waals surface area contributed by atoms with Gasteiger partial charge in [-0.25, -0.2) is 9.18 Å². The van der Waals surface area contributed by atoms with E-state index in [2.05, 4.69) is 0 Å². The van der Waals surface area contributed by atoms with E-state index in [0.29, 0.717) is 5.69 Å². The molecule has 0 aliphatic carbocycles. The van der Waals surface area contributed by atoms with Gasteiger partial charge < -0.3 is 15.6 Å². The van der Waals surface area contributed by atoms with Crippen molar-refractivity contribution < 1.29 is 19.0 Å². The number of carbonyl (C=O) groups is 1. The van der Waals surface area contributed by atoms with Gasteiger partial charge in [0.15, 0.2) is 0 Å². The molecule has 2 rings (SSSR count). The zero-order chi connectivity index (χ0) is 14.7. The molecule has 0 amide bonds. The summed E-state index contributed by atoms with van der Waals surface area (Å²) in [7, 11) is 0. The number of hydrogen-bond acceptors (Lipinski definition) is 3. The Morgan fingerprint density at radius 1 is 1.35 bits per heavy atom. The topological polar surface area (TPSA) is 72.5 Å². The largest absolute Gasteiger partial charge is 0.488 e. The number of rotatable bonds is 4. The first-order valence-electron chi connectivity index (χ1n) is 5.67. The van der Waals surface area contributed by atoms with Crippen LogP contribution in [0.5, 0.6) is 5.75 Å². The highest BCUT2D eigenvalue weighted by atomic mass is 35.5. The summed E-state index contributed by atoms with van der Waals surface area (Å²) in [6.45, 7) is -0.128. The van der Waals surface area contributed by atoms with Gasteiger partial charge in [0, 0.05) is 11.3 Å². The number of halogens is 2. The van der Waals surface area contributed by atoms with Crippen molar-refractivity contribution in [1.82, 2.24) is 0 Å². The molecular formula is C14H11ClFNO3. The molecule has 0 fully saturated rings. The van der Waals surface area contributed by atoms with Crippen molar-refractivity contribution in [2.75, 3.05) is 5.73 Å². The molecule has 0 aromatic heterocycles. The van der Waals surface area contributed by atoms with Gasteiger partial charge in [-0.1, -0.05) is 23.7 Å². The maximum Gasteiger partial charge on any atom is 0.339 e. The molecule has 0 heterocycles. The molecule has 0 unspecified atom stereocenters. The predicted molar refractivity (Wildman–Crippen MR) is 73.6 cm³/mol. The Kier molecular flexibility index (Phi) is 4.10. The highest BCUT2D eigenvalue weighted by Gasteiger charge is 2.13. The zero-order valence-electron chi connectivity index (χ0n) is 10.3. The first kappa shape index (κ1) is 14.1. The van der Waals surface area contributed by atoms with Crippen LogP contribution in [-0.2, 0) is 6.61 Å². The maximum absolute atomic E-state index is 13.7. The summed E-state index contributed by atoms with van der Waals surface area (Å²) >= 11 is 5.66. The molecule has 4 nitrogen and oxygen atoms in total. The standard InChI is InChI=1S/C14H11ClFNO3/c15-11-3-1-2-8(13(11)16)7-20-12-5-4-9(17)6-10(12)14(18)19/h1-6H,7,17H2,(H,18,19). The van der Waals surface area contributed by atoms with Crippen LogP contribution in [0.4, 0.5) is 10.1 Å². The number of benzene rings is 2. The van der Waals surface area contributed by atoms with Gasteiger partial charge in [0.05, 0.1) is 5.02 Å². The Morgan fingerprint density at radius 3 is 2.80 bits per heavy atom. The molecule has 2 aromatic carbocycles. The summed E-state index contributed by atoms with van der Waals surface area (Å²) in [5.41, 5.74) is 5.99. The van der Waals surface area contributed by atoms with E-state index in [9.17, 15) is 9.18 Å². The molecule has 0 atom stereocenters. The van der Waals surface area contributed by atoms with Crippen LogP contribution in [0.25, 0.3) is 0 Å². The Morgan fingerprint density at radius 2 is 2.10 bits per heavy atom. The third-order valence-corrected chi connectivity index (χ3v) is 2.94. The van der Waals surface area contributed by atoms with Crippen LogP contribution in [0.1, 0.15) is 15.9 Å². The fourth-order valence-electron chi connectivity index (χ4n) is 1.66. The number of ether oxygens (including phenoxy) is 1. The van der Waals surface area contributed by atoms with Crippen molar-refractivity contribution in [3.05, 3.63) is 58.4 Å². The number of anilines is 1. The van der Waals surface area contributed by atoms with Crippen molar-refractivity contribution in [3.63, 3.8) is 0 Å². The molecule has 0 aliphatic rings.